The van der Waals surface area contributed by atoms with Gasteiger partial charge in [-0.05, 0) is 11.4 Å². The Bertz CT molecular complexity index is 239. The maximum absolute atomic E-state index is 11.4. The van der Waals surface area contributed by atoms with Gasteiger partial charge in [0.25, 0.3) is 0 Å². The lowest BCUT2D eigenvalue weighted by atomic mass is 10.3. The second-order valence-electron chi connectivity index (χ2n) is 2.14. The van der Waals surface area contributed by atoms with Crippen LogP contribution >= 0.6 is 11.3 Å². The summed E-state index contributed by atoms with van der Waals surface area (Å²) in [5.41, 5.74) is 0. The number of methoxy groups -OCH3 is 2. The lowest BCUT2D eigenvalue weighted by Crippen LogP contribution is -2.23. The summed E-state index contributed by atoms with van der Waals surface area (Å²) in [5.74, 6) is -0.130. The highest BCUT2D eigenvalue weighted by Gasteiger charge is 2.19. The van der Waals surface area contributed by atoms with Crippen molar-refractivity contribution in [2.24, 2.45) is 0 Å². The number of rotatable bonds is 4. The van der Waals surface area contributed by atoms with Gasteiger partial charge in [0.2, 0.25) is 12.1 Å². The molecule has 0 aliphatic rings. The van der Waals surface area contributed by atoms with E-state index in [4.69, 9.17) is 9.47 Å². The van der Waals surface area contributed by atoms with E-state index in [1.165, 1.54) is 25.6 Å². The van der Waals surface area contributed by atoms with E-state index in [-0.39, 0.29) is 5.78 Å². The van der Waals surface area contributed by atoms with Crippen LogP contribution in [0.1, 0.15) is 9.67 Å². The van der Waals surface area contributed by atoms with Crippen LogP contribution in [0.15, 0.2) is 17.5 Å². The summed E-state index contributed by atoms with van der Waals surface area (Å²) >= 11 is 1.38. The number of carbonyl (C=O) groups excluding carboxylic acids is 1. The van der Waals surface area contributed by atoms with Crippen LogP contribution in [0.25, 0.3) is 0 Å². The summed E-state index contributed by atoms with van der Waals surface area (Å²) in [7, 11) is 2.89. The first kappa shape index (κ1) is 9.38. The van der Waals surface area contributed by atoms with Crippen LogP contribution in [0.4, 0.5) is 0 Å². The predicted molar refractivity (Wildman–Crippen MR) is 46.5 cm³/mol. The minimum Gasteiger partial charge on any atom is -0.349 e. The molecule has 1 rings (SSSR count). The zero-order chi connectivity index (χ0) is 8.97. The fraction of sp³-hybridized carbons (Fsp3) is 0.375. The first-order chi connectivity index (χ1) is 5.79. The minimum absolute atomic E-state index is 0.130. The normalized spacial score (nSPS) is 10.6. The molecule has 0 bridgehead atoms. The maximum atomic E-state index is 11.4. The number of thiophene rings is 1. The van der Waals surface area contributed by atoms with Gasteiger partial charge in [-0.3, -0.25) is 4.79 Å². The van der Waals surface area contributed by atoms with E-state index >= 15 is 0 Å². The van der Waals surface area contributed by atoms with Gasteiger partial charge in [-0.25, -0.2) is 0 Å². The van der Waals surface area contributed by atoms with Crippen molar-refractivity contribution in [3.63, 3.8) is 0 Å². The van der Waals surface area contributed by atoms with E-state index < -0.39 is 6.29 Å². The Labute approximate surface area is 74.9 Å². The SMILES string of the molecule is COC(OC)C(=O)c1cccs1. The molecule has 0 saturated heterocycles. The van der Waals surface area contributed by atoms with Gasteiger partial charge < -0.3 is 9.47 Å². The summed E-state index contributed by atoms with van der Waals surface area (Å²) in [6.07, 6.45) is -0.774. The molecule has 3 nitrogen and oxygen atoms in total. The quantitative estimate of drug-likeness (QED) is 0.528. The molecule has 0 aromatic carbocycles. The van der Waals surface area contributed by atoms with Gasteiger partial charge in [0.15, 0.2) is 0 Å². The van der Waals surface area contributed by atoms with Gasteiger partial charge in [0, 0.05) is 14.2 Å². The van der Waals surface area contributed by atoms with E-state index in [1.54, 1.807) is 6.07 Å². The molecule has 0 N–H and O–H groups in total. The molecule has 4 heteroatoms. The second kappa shape index (κ2) is 4.35. The van der Waals surface area contributed by atoms with Crippen LogP contribution in [0.3, 0.4) is 0 Å². The first-order valence-corrected chi connectivity index (χ1v) is 4.31. The van der Waals surface area contributed by atoms with Crippen molar-refractivity contribution < 1.29 is 14.3 Å². The highest BCUT2D eigenvalue weighted by Crippen LogP contribution is 2.12. The summed E-state index contributed by atoms with van der Waals surface area (Å²) in [6, 6.07) is 3.57. The molecule has 1 heterocycles. The fourth-order valence-corrected chi connectivity index (χ4v) is 1.52. The van der Waals surface area contributed by atoms with E-state index in [0.717, 1.165) is 0 Å². The number of hydrogen-bond donors (Lipinski definition) is 0. The molecule has 0 fully saturated rings. The van der Waals surface area contributed by atoms with Crippen molar-refractivity contribution in [2.75, 3.05) is 14.2 Å². The van der Waals surface area contributed by atoms with E-state index in [0.29, 0.717) is 4.88 Å². The summed E-state index contributed by atoms with van der Waals surface area (Å²) < 4.78 is 9.64. The Kier molecular flexibility index (Phi) is 3.40. The molecule has 12 heavy (non-hydrogen) atoms. The average molecular weight is 186 g/mol. The lowest BCUT2D eigenvalue weighted by molar-refractivity contribution is -0.0739. The fourth-order valence-electron chi connectivity index (χ4n) is 0.845. The number of ether oxygens (including phenoxy) is 2. The maximum Gasteiger partial charge on any atom is 0.228 e. The van der Waals surface area contributed by atoms with Crippen molar-refractivity contribution in [1.82, 2.24) is 0 Å². The highest BCUT2D eigenvalue weighted by atomic mass is 32.1. The van der Waals surface area contributed by atoms with Crippen molar-refractivity contribution in [1.29, 1.82) is 0 Å². The average Bonchev–Trinajstić information content (AvgIpc) is 2.58. The number of Topliss-reactive ketones (excluding diaryl/α,β-unsaturated/α-hetero) is 1. The van der Waals surface area contributed by atoms with Crippen LogP contribution in [-0.2, 0) is 9.47 Å². The molecule has 0 atom stereocenters. The molecule has 0 aliphatic heterocycles. The molecule has 1 aromatic rings. The third-order valence-corrected chi connectivity index (χ3v) is 2.29. The molecule has 0 amide bonds. The van der Waals surface area contributed by atoms with Gasteiger partial charge in [-0.2, -0.15) is 0 Å². The lowest BCUT2D eigenvalue weighted by Gasteiger charge is -2.09. The minimum atomic E-state index is -0.774. The van der Waals surface area contributed by atoms with Gasteiger partial charge >= 0.3 is 0 Å². The Balaban J connectivity index is 2.70. The largest absolute Gasteiger partial charge is 0.349 e. The first-order valence-electron chi connectivity index (χ1n) is 3.43. The van der Waals surface area contributed by atoms with E-state index in [1.807, 2.05) is 11.4 Å². The van der Waals surface area contributed by atoms with Gasteiger partial charge in [-0.15, -0.1) is 11.3 Å². The van der Waals surface area contributed by atoms with Gasteiger partial charge in [0.05, 0.1) is 4.88 Å². The Hall–Kier alpha value is -0.710. The van der Waals surface area contributed by atoms with Gasteiger partial charge in [-0.1, -0.05) is 6.07 Å². The number of ketones is 1. The van der Waals surface area contributed by atoms with Crippen LogP contribution in [-0.4, -0.2) is 26.3 Å². The van der Waals surface area contributed by atoms with Crippen molar-refractivity contribution in [2.45, 2.75) is 6.29 Å². The van der Waals surface area contributed by atoms with Crippen LogP contribution in [0, 0.1) is 0 Å². The standard InChI is InChI=1S/C8H10O3S/c1-10-8(11-2)7(9)6-4-3-5-12-6/h3-5,8H,1-2H3. The summed E-state index contributed by atoms with van der Waals surface area (Å²) in [5, 5.41) is 1.84. The Morgan fingerprint density at radius 2 is 2.17 bits per heavy atom. The number of carbonyl (C=O) groups is 1. The zero-order valence-corrected chi connectivity index (χ0v) is 7.76. The topological polar surface area (TPSA) is 35.5 Å². The second-order valence-corrected chi connectivity index (χ2v) is 3.09. The predicted octanol–water partition coefficient (Wildman–Crippen LogP) is 1.55. The molecule has 0 saturated carbocycles. The highest BCUT2D eigenvalue weighted by molar-refractivity contribution is 7.12. The van der Waals surface area contributed by atoms with Gasteiger partial charge in [0.1, 0.15) is 0 Å². The summed E-state index contributed by atoms with van der Waals surface area (Å²) in [4.78, 5) is 12.1. The molecule has 0 aliphatic carbocycles. The Morgan fingerprint density at radius 3 is 2.58 bits per heavy atom. The molecule has 0 spiro atoms. The van der Waals surface area contributed by atoms with Crippen molar-refractivity contribution >= 4 is 17.1 Å². The number of hydrogen-bond acceptors (Lipinski definition) is 4. The zero-order valence-electron chi connectivity index (χ0n) is 6.94. The van der Waals surface area contributed by atoms with Crippen molar-refractivity contribution in [3.05, 3.63) is 22.4 Å². The van der Waals surface area contributed by atoms with E-state index in [9.17, 15) is 4.79 Å². The monoisotopic (exact) mass is 186 g/mol. The third kappa shape index (κ3) is 1.91. The third-order valence-electron chi connectivity index (χ3n) is 1.41. The molecule has 1 aromatic heterocycles. The molecular formula is C8H10O3S. The van der Waals surface area contributed by atoms with Crippen LogP contribution in [0.5, 0.6) is 0 Å². The van der Waals surface area contributed by atoms with E-state index in [2.05, 4.69) is 0 Å². The smallest absolute Gasteiger partial charge is 0.228 e. The summed E-state index contributed by atoms with van der Waals surface area (Å²) in [6.45, 7) is 0. The van der Waals surface area contributed by atoms with Crippen molar-refractivity contribution in [3.8, 4) is 0 Å². The Morgan fingerprint density at radius 1 is 1.50 bits per heavy atom. The molecule has 0 unspecified atom stereocenters. The molecular weight excluding hydrogens is 176 g/mol. The molecule has 66 valence electrons. The molecule has 0 radical (unpaired) electrons. The van der Waals surface area contributed by atoms with Crippen LogP contribution in [0.2, 0.25) is 0 Å². The van der Waals surface area contributed by atoms with Crippen LogP contribution < -0.4 is 0 Å².